The molecule has 3 rings (SSSR count). The van der Waals surface area contributed by atoms with E-state index in [0.717, 1.165) is 5.56 Å². The molecule has 0 unspecified atom stereocenters. The molecular formula is C17H18N4O5S. The van der Waals surface area contributed by atoms with E-state index in [0.29, 0.717) is 12.1 Å². The maximum atomic E-state index is 12.1. The van der Waals surface area contributed by atoms with Gasteiger partial charge in [-0.05, 0) is 38.5 Å². The number of hydrogen-bond donors (Lipinski definition) is 1. The highest BCUT2D eigenvalue weighted by atomic mass is 32.2. The van der Waals surface area contributed by atoms with E-state index < -0.39 is 21.0 Å². The standard InChI is InChI=1S/C17H18N4O5S/c1-10(2)27(23,24)13-6-4-12(5-7-13)9-15-19-20-17(25-15)18-16(22)14-8-11(3)21-26-14/h4-8,10H,9H2,1-3H3,(H,18,20,22). The second-order valence-electron chi connectivity index (χ2n) is 6.20. The molecule has 142 valence electrons. The van der Waals surface area contributed by atoms with E-state index in [2.05, 4.69) is 20.7 Å². The summed E-state index contributed by atoms with van der Waals surface area (Å²) >= 11 is 0. The Balaban J connectivity index is 1.66. The lowest BCUT2D eigenvalue weighted by molar-refractivity contribution is 0.0985. The average Bonchev–Trinajstić information content (AvgIpc) is 3.24. The van der Waals surface area contributed by atoms with Crippen molar-refractivity contribution in [2.45, 2.75) is 37.3 Å². The maximum absolute atomic E-state index is 12.1. The fourth-order valence-corrected chi connectivity index (χ4v) is 3.31. The van der Waals surface area contributed by atoms with E-state index in [9.17, 15) is 13.2 Å². The van der Waals surface area contributed by atoms with Gasteiger partial charge >= 0.3 is 6.01 Å². The minimum absolute atomic E-state index is 0.0363. The van der Waals surface area contributed by atoms with Gasteiger partial charge in [-0.3, -0.25) is 10.1 Å². The molecule has 0 aliphatic heterocycles. The van der Waals surface area contributed by atoms with Crippen molar-refractivity contribution in [3.05, 3.63) is 53.2 Å². The smallest absolute Gasteiger partial charge is 0.322 e. The molecule has 9 nitrogen and oxygen atoms in total. The van der Waals surface area contributed by atoms with Crippen LogP contribution < -0.4 is 5.32 Å². The van der Waals surface area contributed by atoms with Crippen LogP contribution in [-0.2, 0) is 16.3 Å². The highest BCUT2D eigenvalue weighted by molar-refractivity contribution is 7.92. The average molecular weight is 390 g/mol. The van der Waals surface area contributed by atoms with Crippen LogP contribution in [0.25, 0.3) is 0 Å². The third-order valence-electron chi connectivity index (χ3n) is 3.77. The Bertz CT molecular complexity index is 1050. The minimum atomic E-state index is -3.31. The number of rotatable bonds is 6. The molecule has 0 spiro atoms. The molecule has 0 bridgehead atoms. The Hall–Kier alpha value is -3.01. The van der Waals surface area contributed by atoms with Crippen LogP contribution in [0, 0.1) is 6.92 Å². The number of nitrogens with zero attached hydrogens (tertiary/aromatic N) is 3. The number of benzene rings is 1. The molecular weight excluding hydrogens is 372 g/mol. The maximum Gasteiger partial charge on any atom is 0.322 e. The number of anilines is 1. The van der Waals surface area contributed by atoms with Crippen molar-refractivity contribution in [2.75, 3.05) is 5.32 Å². The van der Waals surface area contributed by atoms with Gasteiger partial charge in [-0.2, -0.15) is 0 Å². The molecule has 0 aliphatic rings. The van der Waals surface area contributed by atoms with E-state index in [-0.39, 0.29) is 22.6 Å². The van der Waals surface area contributed by atoms with Crippen LogP contribution in [0.1, 0.15) is 41.6 Å². The van der Waals surface area contributed by atoms with Crippen molar-refractivity contribution in [3.8, 4) is 0 Å². The summed E-state index contributed by atoms with van der Waals surface area (Å²) in [6.45, 7) is 4.97. The van der Waals surface area contributed by atoms with Crippen LogP contribution in [-0.4, -0.2) is 34.9 Å². The van der Waals surface area contributed by atoms with Gasteiger partial charge in [0.25, 0.3) is 5.91 Å². The first-order valence-electron chi connectivity index (χ1n) is 8.15. The number of hydrogen-bond acceptors (Lipinski definition) is 8. The van der Waals surface area contributed by atoms with E-state index in [1.807, 2.05) is 0 Å². The first-order valence-corrected chi connectivity index (χ1v) is 9.70. The number of nitrogens with one attached hydrogen (secondary N) is 1. The van der Waals surface area contributed by atoms with Gasteiger partial charge in [-0.15, -0.1) is 5.10 Å². The van der Waals surface area contributed by atoms with Crippen LogP contribution in [0.2, 0.25) is 0 Å². The zero-order valence-electron chi connectivity index (χ0n) is 15.0. The first-order chi connectivity index (χ1) is 12.8. The second-order valence-corrected chi connectivity index (χ2v) is 8.71. The molecule has 27 heavy (non-hydrogen) atoms. The molecule has 3 aromatic rings. The summed E-state index contributed by atoms with van der Waals surface area (Å²) in [5.74, 6) is -0.234. The third kappa shape index (κ3) is 4.22. The molecule has 1 aromatic carbocycles. The van der Waals surface area contributed by atoms with E-state index >= 15 is 0 Å². The Morgan fingerprint density at radius 2 is 1.89 bits per heavy atom. The number of aromatic nitrogens is 3. The highest BCUT2D eigenvalue weighted by Gasteiger charge is 2.19. The molecule has 0 radical (unpaired) electrons. The molecule has 0 saturated heterocycles. The molecule has 0 saturated carbocycles. The fourth-order valence-electron chi connectivity index (χ4n) is 2.25. The summed E-state index contributed by atoms with van der Waals surface area (Å²) in [6, 6.07) is 7.90. The summed E-state index contributed by atoms with van der Waals surface area (Å²) < 4.78 is 34.5. The predicted octanol–water partition coefficient (Wildman–Crippen LogP) is 2.39. The molecule has 0 aliphatic carbocycles. The topological polar surface area (TPSA) is 128 Å². The Kier molecular flexibility index (Phi) is 5.08. The predicted molar refractivity (Wildman–Crippen MR) is 95.1 cm³/mol. The Labute approximate surface area is 155 Å². The van der Waals surface area contributed by atoms with Crippen molar-refractivity contribution < 1.29 is 22.2 Å². The molecule has 0 fully saturated rings. The monoisotopic (exact) mass is 390 g/mol. The van der Waals surface area contributed by atoms with Gasteiger partial charge in [0, 0.05) is 6.07 Å². The van der Waals surface area contributed by atoms with Crippen molar-refractivity contribution in [1.29, 1.82) is 0 Å². The third-order valence-corrected chi connectivity index (χ3v) is 5.94. The lowest BCUT2D eigenvalue weighted by Gasteiger charge is -2.08. The van der Waals surface area contributed by atoms with Crippen molar-refractivity contribution in [1.82, 2.24) is 15.4 Å². The number of carbonyl (C=O) groups is 1. The SMILES string of the molecule is Cc1cc(C(=O)Nc2nnc(Cc3ccc(S(=O)(=O)C(C)C)cc3)o2)on1. The molecule has 1 N–H and O–H groups in total. The van der Waals surface area contributed by atoms with Crippen molar-refractivity contribution in [2.24, 2.45) is 0 Å². The molecule has 2 heterocycles. The van der Waals surface area contributed by atoms with Crippen LogP contribution in [0.5, 0.6) is 0 Å². The van der Waals surface area contributed by atoms with Crippen LogP contribution in [0.3, 0.4) is 0 Å². The summed E-state index contributed by atoms with van der Waals surface area (Å²) in [6.07, 6.45) is 0.298. The number of sulfone groups is 1. The largest absolute Gasteiger partial charge is 0.407 e. The zero-order chi connectivity index (χ0) is 19.6. The molecule has 2 aromatic heterocycles. The first kappa shape index (κ1) is 18.8. The van der Waals surface area contributed by atoms with Crippen molar-refractivity contribution in [3.63, 3.8) is 0 Å². The number of carbonyl (C=O) groups excluding carboxylic acids is 1. The van der Waals surface area contributed by atoms with E-state index in [1.165, 1.54) is 6.07 Å². The quantitative estimate of drug-likeness (QED) is 0.679. The summed E-state index contributed by atoms with van der Waals surface area (Å²) in [5, 5.41) is 13.2. The normalized spacial score (nSPS) is 11.7. The second kappa shape index (κ2) is 7.31. The minimum Gasteiger partial charge on any atom is -0.407 e. The lowest BCUT2D eigenvalue weighted by Crippen LogP contribution is -2.13. The van der Waals surface area contributed by atoms with Crippen LogP contribution in [0.4, 0.5) is 6.01 Å². The van der Waals surface area contributed by atoms with E-state index in [1.54, 1.807) is 45.0 Å². The van der Waals surface area contributed by atoms with Gasteiger partial charge in [-0.1, -0.05) is 22.4 Å². The molecule has 1 amide bonds. The Morgan fingerprint density at radius 3 is 2.48 bits per heavy atom. The lowest BCUT2D eigenvalue weighted by atomic mass is 10.1. The van der Waals surface area contributed by atoms with Gasteiger partial charge in [0.15, 0.2) is 9.84 Å². The summed E-state index contributed by atoms with van der Waals surface area (Å²) in [5.41, 5.74) is 1.37. The zero-order valence-corrected chi connectivity index (χ0v) is 15.8. The van der Waals surface area contributed by atoms with E-state index in [4.69, 9.17) is 8.94 Å². The highest BCUT2D eigenvalue weighted by Crippen LogP contribution is 2.18. The van der Waals surface area contributed by atoms with Gasteiger partial charge in [0.2, 0.25) is 11.7 Å². The van der Waals surface area contributed by atoms with Crippen LogP contribution in [0.15, 0.2) is 44.2 Å². The van der Waals surface area contributed by atoms with Gasteiger partial charge < -0.3 is 8.94 Å². The summed E-state index contributed by atoms with van der Waals surface area (Å²) in [7, 11) is -3.31. The van der Waals surface area contributed by atoms with Gasteiger partial charge in [0.05, 0.1) is 22.3 Å². The van der Waals surface area contributed by atoms with Gasteiger partial charge in [0.1, 0.15) is 0 Å². The molecule has 10 heteroatoms. The van der Waals surface area contributed by atoms with Gasteiger partial charge in [-0.25, -0.2) is 8.42 Å². The van der Waals surface area contributed by atoms with Crippen LogP contribution >= 0.6 is 0 Å². The Morgan fingerprint density at radius 1 is 1.19 bits per heavy atom. The van der Waals surface area contributed by atoms with Crippen molar-refractivity contribution >= 4 is 21.8 Å². The molecule has 0 atom stereocenters. The fraction of sp³-hybridized carbons (Fsp3) is 0.294. The summed E-state index contributed by atoms with van der Waals surface area (Å²) in [4.78, 5) is 12.2. The number of amides is 1. The number of aryl methyl sites for hydroxylation is 1.